The molecule has 1 aromatic heterocycles. The summed E-state index contributed by atoms with van der Waals surface area (Å²) in [6.07, 6.45) is 5.59. The number of amides is 1. The largest absolute Gasteiger partial charge is 0.349 e. The fourth-order valence-electron chi connectivity index (χ4n) is 2.77. The lowest BCUT2D eigenvalue weighted by molar-refractivity contribution is -0.186. The Kier molecular flexibility index (Phi) is 3.86. The number of carbonyl (C=O) groups is 1. The van der Waals surface area contributed by atoms with Crippen LogP contribution in [-0.2, 0) is 9.47 Å². The van der Waals surface area contributed by atoms with Crippen LogP contribution in [0.15, 0.2) is 17.5 Å². The van der Waals surface area contributed by atoms with Gasteiger partial charge in [0.25, 0.3) is 5.91 Å². The van der Waals surface area contributed by atoms with E-state index in [0.717, 1.165) is 17.7 Å². The second kappa shape index (κ2) is 5.61. The molecule has 1 aliphatic carbocycles. The van der Waals surface area contributed by atoms with Gasteiger partial charge in [-0.1, -0.05) is 12.5 Å². The number of carbonyl (C=O) groups excluding carboxylic acids is 1. The molecular formula is C14H19NO3S. The van der Waals surface area contributed by atoms with E-state index in [2.05, 4.69) is 5.32 Å². The van der Waals surface area contributed by atoms with E-state index >= 15 is 0 Å². The van der Waals surface area contributed by atoms with Crippen molar-refractivity contribution in [1.82, 2.24) is 5.32 Å². The second-order valence-electron chi connectivity index (χ2n) is 5.21. The van der Waals surface area contributed by atoms with E-state index in [1.165, 1.54) is 30.6 Å². The van der Waals surface area contributed by atoms with Crippen LogP contribution in [0.4, 0.5) is 0 Å². The van der Waals surface area contributed by atoms with E-state index in [1.807, 2.05) is 17.5 Å². The first-order valence-corrected chi connectivity index (χ1v) is 7.79. The lowest BCUT2D eigenvalue weighted by Crippen LogP contribution is -2.37. The first-order chi connectivity index (χ1) is 9.27. The van der Waals surface area contributed by atoms with Crippen LogP contribution in [0.1, 0.15) is 41.8 Å². The summed E-state index contributed by atoms with van der Waals surface area (Å²) in [5.74, 6) is -0.375. The molecule has 2 aliphatic rings. The average Bonchev–Trinajstić information content (AvgIpc) is 3.08. The Hall–Kier alpha value is -0.910. The number of rotatable bonds is 3. The minimum Gasteiger partial charge on any atom is -0.349 e. The third-order valence-corrected chi connectivity index (χ3v) is 4.63. The van der Waals surface area contributed by atoms with Crippen molar-refractivity contribution in [1.29, 1.82) is 0 Å². The fraction of sp³-hybridized carbons (Fsp3) is 0.643. The molecule has 1 aromatic rings. The van der Waals surface area contributed by atoms with Crippen molar-refractivity contribution in [3.05, 3.63) is 22.4 Å². The van der Waals surface area contributed by atoms with Gasteiger partial charge in [-0.15, -0.1) is 11.3 Å². The summed E-state index contributed by atoms with van der Waals surface area (Å²) < 4.78 is 11.9. The van der Waals surface area contributed by atoms with Crippen molar-refractivity contribution in [3.63, 3.8) is 0 Å². The number of ether oxygens (including phenoxy) is 2. The molecule has 1 spiro atoms. The maximum Gasteiger partial charge on any atom is 0.261 e. The summed E-state index contributed by atoms with van der Waals surface area (Å²) in [5, 5.41) is 4.82. The number of thiophene rings is 1. The van der Waals surface area contributed by atoms with Gasteiger partial charge in [-0.2, -0.15) is 0 Å². The van der Waals surface area contributed by atoms with Gasteiger partial charge in [-0.05, 0) is 24.3 Å². The minimum atomic E-state index is -0.351. The van der Waals surface area contributed by atoms with Gasteiger partial charge in [0.1, 0.15) is 6.10 Å². The second-order valence-corrected chi connectivity index (χ2v) is 6.16. The zero-order chi connectivity index (χ0) is 13.1. The molecule has 1 unspecified atom stereocenters. The van der Waals surface area contributed by atoms with Gasteiger partial charge in [0.2, 0.25) is 0 Å². The van der Waals surface area contributed by atoms with Crippen molar-refractivity contribution >= 4 is 17.2 Å². The highest BCUT2D eigenvalue weighted by Crippen LogP contribution is 2.37. The Morgan fingerprint density at radius 2 is 2.26 bits per heavy atom. The van der Waals surface area contributed by atoms with Crippen molar-refractivity contribution in [2.24, 2.45) is 0 Å². The maximum absolute atomic E-state index is 11.8. The number of hydrogen-bond acceptors (Lipinski definition) is 4. The minimum absolute atomic E-state index is 0.0120. The van der Waals surface area contributed by atoms with Crippen molar-refractivity contribution in [2.75, 3.05) is 13.2 Å². The maximum atomic E-state index is 11.8. The lowest BCUT2D eigenvalue weighted by atomic mass is 9.94. The van der Waals surface area contributed by atoms with E-state index in [-0.39, 0.29) is 17.8 Å². The molecule has 2 fully saturated rings. The Morgan fingerprint density at radius 3 is 3.00 bits per heavy atom. The zero-order valence-electron chi connectivity index (χ0n) is 10.9. The summed E-state index contributed by atoms with van der Waals surface area (Å²) in [7, 11) is 0. The van der Waals surface area contributed by atoms with Gasteiger partial charge in [0, 0.05) is 19.4 Å². The molecule has 1 atom stereocenters. The van der Waals surface area contributed by atoms with E-state index in [0.29, 0.717) is 13.2 Å². The van der Waals surface area contributed by atoms with Gasteiger partial charge in [0.15, 0.2) is 5.79 Å². The average molecular weight is 281 g/mol. The highest BCUT2D eigenvalue weighted by atomic mass is 32.1. The zero-order valence-corrected chi connectivity index (χ0v) is 11.7. The van der Waals surface area contributed by atoms with Crippen LogP contribution in [0.2, 0.25) is 0 Å². The molecule has 0 radical (unpaired) electrons. The summed E-state index contributed by atoms with van der Waals surface area (Å²) in [5.41, 5.74) is 0. The monoisotopic (exact) mass is 281 g/mol. The summed E-state index contributed by atoms with van der Waals surface area (Å²) >= 11 is 1.45. The number of hydrogen-bond donors (Lipinski definition) is 1. The molecule has 1 aliphatic heterocycles. The Labute approximate surface area is 117 Å². The lowest BCUT2D eigenvalue weighted by Gasteiger charge is -2.31. The van der Waals surface area contributed by atoms with Crippen molar-refractivity contribution < 1.29 is 14.3 Å². The summed E-state index contributed by atoms with van der Waals surface area (Å²) in [4.78, 5) is 12.6. The molecule has 1 saturated carbocycles. The highest BCUT2D eigenvalue weighted by molar-refractivity contribution is 7.12. The Morgan fingerprint density at radius 1 is 1.42 bits per heavy atom. The molecule has 4 nitrogen and oxygen atoms in total. The molecule has 2 heterocycles. The van der Waals surface area contributed by atoms with E-state index in [9.17, 15) is 4.79 Å². The van der Waals surface area contributed by atoms with Crippen LogP contribution >= 0.6 is 11.3 Å². The SMILES string of the molecule is O=C(NCC1COC2(CCCCC2)O1)c1cccs1. The molecule has 104 valence electrons. The van der Waals surface area contributed by atoms with Crippen molar-refractivity contribution in [2.45, 2.75) is 44.0 Å². The Balaban J connectivity index is 1.48. The predicted molar refractivity (Wildman–Crippen MR) is 73.3 cm³/mol. The summed E-state index contributed by atoms with van der Waals surface area (Å²) in [6, 6.07) is 3.71. The van der Waals surface area contributed by atoms with Crippen LogP contribution < -0.4 is 5.32 Å². The molecule has 1 N–H and O–H groups in total. The first-order valence-electron chi connectivity index (χ1n) is 6.91. The molecule has 0 aromatic carbocycles. The quantitative estimate of drug-likeness (QED) is 0.926. The smallest absolute Gasteiger partial charge is 0.261 e. The highest BCUT2D eigenvalue weighted by Gasteiger charge is 2.42. The van der Waals surface area contributed by atoms with Crippen LogP contribution in [0, 0.1) is 0 Å². The normalized spacial score (nSPS) is 25.6. The van der Waals surface area contributed by atoms with E-state index in [1.54, 1.807) is 0 Å². The van der Waals surface area contributed by atoms with Crippen LogP contribution in [0.3, 0.4) is 0 Å². The molecule has 19 heavy (non-hydrogen) atoms. The third kappa shape index (κ3) is 2.99. The molecule has 3 rings (SSSR count). The van der Waals surface area contributed by atoms with Crippen LogP contribution in [-0.4, -0.2) is 30.9 Å². The molecule has 1 amide bonds. The molecular weight excluding hydrogens is 262 g/mol. The fourth-order valence-corrected chi connectivity index (χ4v) is 3.41. The third-order valence-electron chi connectivity index (χ3n) is 3.76. The van der Waals surface area contributed by atoms with Crippen LogP contribution in [0.25, 0.3) is 0 Å². The molecule has 0 bridgehead atoms. The topological polar surface area (TPSA) is 47.6 Å². The molecule has 5 heteroatoms. The predicted octanol–water partition coefficient (Wildman–Crippen LogP) is 2.55. The molecule has 1 saturated heterocycles. The van der Waals surface area contributed by atoms with Gasteiger partial charge in [0.05, 0.1) is 11.5 Å². The first kappa shape index (κ1) is 13.1. The standard InChI is InChI=1S/C14H19NO3S/c16-13(12-5-4-8-19-12)15-9-11-10-17-14(18-11)6-2-1-3-7-14/h4-5,8,11H,1-3,6-7,9-10H2,(H,15,16). The van der Waals surface area contributed by atoms with Crippen LogP contribution in [0.5, 0.6) is 0 Å². The Bertz CT molecular complexity index is 426. The van der Waals surface area contributed by atoms with Gasteiger partial charge in [-0.25, -0.2) is 0 Å². The van der Waals surface area contributed by atoms with E-state index in [4.69, 9.17) is 9.47 Å². The summed E-state index contributed by atoms with van der Waals surface area (Å²) in [6.45, 7) is 1.11. The van der Waals surface area contributed by atoms with Crippen molar-refractivity contribution in [3.8, 4) is 0 Å². The van der Waals surface area contributed by atoms with Gasteiger partial charge >= 0.3 is 0 Å². The van der Waals surface area contributed by atoms with Gasteiger partial charge in [-0.3, -0.25) is 4.79 Å². The number of nitrogens with one attached hydrogen (secondary N) is 1. The van der Waals surface area contributed by atoms with Gasteiger partial charge < -0.3 is 14.8 Å². The van der Waals surface area contributed by atoms with E-state index < -0.39 is 0 Å².